The number of rotatable bonds is 3. The van der Waals surface area contributed by atoms with Crippen LogP contribution in [0.25, 0.3) is 0 Å². The standard InChI is InChI=1S/C10H13ClN2OS/c11-9-4-3-7(15-9)6-13-8-2-1-5-12-10(8)14/h3-4,8,13H,1-2,5-6H2,(H,12,14). The van der Waals surface area contributed by atoms with Crippen LogP contribution in [-0.4, -0.2) is 18.5 Å². The second-order valence-corrected chi connectivity index (χ2v) is 5.37. The molecule has 15 heavy (non-hydrogen) atoms. The van der Waals surface area contributed by atoms with E-state index in [1.165, 1.54) is 4.88 Å². The number of hydrogen-bond donors (Lipinski definition) is 2. The highest BCUT2D eigenvalue weighted by molar-refractivity contribution is 7.16. The summed E-state index contributed by atoms with van der Waals surface area (Å²) in [5.74, 6) is 0.115. The van der Waals surface area contributed by atoms with Gasteiger partial charge in [-0.1, -0.05) is 11.6 Å². The first-order valence-electron chi connectivity index (χ1n) is 5.01. The summed E-state index contributed by atoms with van der Waals surface area (Å²) in [5.41, 5.74) is 0. The number of piperidine rings is 1. The zero-order valence-corrected chi connectivity index (χ0v) is 9.83. The van der Waals surface area contributed by atoms with E-state index in [0.29, 0.717) is 0 Å². The van der Waals surface area contributed by atoms with Gasteiger partial charge in [-0.15, -0.1) is 11.3 Å². The van der Waals surface area contributed by atoms with E-state index >= 15 is 0 Å². The van der Waals surface area contributed by atoms with Gasteiger partial charge in [-0.25, -0.2) is 0 Å². The third-order valence-corrected chi connectivity index (χ3v) is 3.67. The minimum absolute atomic E-state index is 0.0420. The van der Waals surface area contributed by atoms with Crippen LogP contribution in [0.2, 0.25) is 4.34 Å². The molecule has 1 aromatic heterocycles. The Morgan fingerprint density at radius 1 is 1.60 bits per heavy atom. The van der Waals surface area contributed by atoms with Crippen LogP contribution < -0.4 is 10.6 Å². The molecule has 1 amide bonds. The molecule has 2 N–H and O–H groups in total. The fraction of sp³-hybridized carbons (Fsp3) is 0.500. The molecule has 82 valence electrons. The minimum atomic E-state index is -0.0420. The minimum Gasteiger partial charge on any atom is -0.355 e. The van der Waals surface area contributed by atoms with Crippen LogP contribution in [0, 0.1) is 0 Å². The molecule has 0 radical (unpaired) electrons. The van der Waals surface area contributed by atoms with Crippen LogP contribution >= 0.6 is 22.9 Å². The van der Waals surface area contributed by atoms with Gasteiger partial charge in [0, 0.05) is 18.0 Å². The zero-order valence-electron chi connectivity index (χ0n) is 8.25. The maximum absolute atomic E-state index is 11.4. The van der Waals surface area contributed by atoms with Gasteiger partial charge in [-0.2, -0.15) is 0 Å². The van der Waals surface area contributed by atoms with Crippen molar-refractivity contribution in [2.45, 2.75) is 25.4 Å². The summed E-state index contributed by atoms with van der Waals surface area (Å²) in [5, 5.41) is 6.09. The Labute approximate surface area is 97.8 Å². The normalized spacial score (nSPS) is 21.4. The fourth-order valence-electron chi connectivity index (χ4n) is 1.64. The van der Waals surface area contributed by atoms with Crippen LogP contribution in [0.3, 0.4) is 0 Å². The first-order valence-corrected chi connectivity index (χ1v) is 6.20. The Balaban J connectivity index is 1.84. The lowest BCUT2D eigenvalue weighted by molar-refractivity contribution is -0.124. The van der Waals surface area contributed by atoms with Crippen LogP contribution in [0.5, 0.6) is 0 Å². The van der Waals surface area contributed by atoms with Gasteiger partial charge in [-0.3, -0.25) is 4.79 Å². The number of hydrogen-bond acceptors (Lipinski definition) is 3. The van der Waals surface area contributed by atoms with Crippen molar-refractivity contribution in [3.8, 4) is 0 Å². The molecule has 0 saturated carbocycles. The van der Waals surface area contributed by atoms with E-state index in [-0.39, 0.29) is 11.9 Å². The van der Waals surface area contributed by atoms with E-state index in [9.17, 15) is 4.79 Å². The van der Waals surface area contributed by atoms with Gasteiger partial charge < -0.3 is 10.6 Å². The Morgan fingerprint density at radius 3 is 3.13 bits per heavy atom. The molecular weight excluding hydrogens is 232 g/mol. The molecule has 3 nitrogen and oxygen atoms in total. The van der Waals surface area contributed by atoms with Crippen molar-refractivity contribution in [3.63, 3.8) is 0 Å². The van der Waals surface area contributed by atoms with E-state index in [4.69, 9.17) is 11.6 Å². The largest absolute Gasteiger partial charge is 0.355 e. The van der Waals surface area contributed by atoms with Gasteiger partial charge in [0.05, 0.1) is 10.4 Å². The number of carbonyl (C=O) groups excluding carboxylic acids is 1. The summed E-state index contributed by atoms with van der Waals surface area (Å²) < 4.78 is 0.792. The van der Waals surface area contributed by atoms with Crippen molar-refractivity contribution in [3.05, 3.63) is 21.3 Å². The highest BCUT2D eigenvalue weighted by Crippen LogP contribution is 2.21. The molecule has 2 heterocycles. The van der Waals surface area contributed by atoms with E-state index in [2.05, 4.69) is 10.6 Å². The third-order valence-electron chi connectivity index (χ3n) is 2.44. The van der Waals surface area contributed by atoms with Gasteiger partial charge in [0.2, 0.25) is 5.91 Å². The van der Waals surface area contributed by atoms with Gasteiger partial charge in [0.15, 0.2) is 0 Å². The molecule has 1 fully saturated rings. The molecule has 1 aromatic rings. The lowest BCUT2D eigenvalue weighted by Crippen LogP contribution is -2.47. The van der Waals surface area contributed by atoms with Gasteiger partial charge >= 0.3 is 0 Å². The quantitative estimate of drug-likeness (QED) is 0.851. The predicted octanol–water partition coefficient (Wildman–Crippen LogP) is 1.77. The molecule has 1 atom stereocenters. The summed E-state index contributed by atoms with van der Waals surface area (Å²) in [7, 11) is 0. The second kappa shape index (κ2) is 4.96. The smallest absolute Gasteiger partial charge is 0.237 e. The maximum Gasteiger partial charge on any atom is 0.237 e. The Morgan fingerprint density at radius 2 is 2.47 bits per heavy atom. The first-order chi connectivity index (χ1) is 7.25. The average Bonchev–Trinajstić information content (AvgIpc) is 2.63. The van der Waals surface area contributed by atoms with E-state index in [1.807, 2.05) is 12.1 Å². The number of halogens is 1. The number of amides is 1. The Kier molecular flexibility index (Phi) is 3.61. The van der Waals surface area contributed by atoms with Gasteiger partial charge in [0.1, 0.15) is 0 Å². The van der Waals surface area contributed by atoms with E-state index < -0.39 is 0 Å². The van der Waals surface area contributed by atoms with E-state index in [0.717, 1.165) is 30.3 Å². The van der Waals surface area contributed by atoms with Gasteiger partial charge in [0.25, 0.3) is 0 Å². The molecule has 5 heteroatoms. The molecule has 1 unspecified atom stereocenters. The highest BCUT2D eigenvalue weighted by atomic mass is 35.5. The molecule has 0 aliphatic carbocycles. The molecule has 0 spiro atoms. The molecule has 2 rings (SSSR count). The van der Waals surface area contributed by atoms with Crippen LogP contribution in [-0.2, 0) is 11.3 Å². The Bertz CT molecular complexity index is 353. The lowest BCUT2D eigenvalue weighted by Gasteiger charge is -2.22. The van der Waals surface area contributed by atoms with E-state index in [1.54, 1.807) is 11.3 Å². The summed E-state index contributed by atoms with van der Waals surface area (Å²) in [6.07, 6.45) is 1.97. The van der Waals surface area contributed by atoms with Crippen molar-refractivity contribution >= 4 is 28.8 Å². The molecule has 0 aromatic carbocycles. The lowest BCUT2D eigenvalue weighted by atomic mass is 10.1. The number of thiophene rings is 1. The van der Waals surface area contributed by atoms with Crippen LogP contribution in [0.4, 0.5) is 0 Å². The Hall–Kier alpha value is -0.580. The van der Waals surface area contributed by atoms with Crippen LogP contribution in [0.15, 0.2) is 12.1 Å². The SMILES string of the molecule is O=C1NCCCC1NCc1ccc(Cl)s1. The molecule has 1 saturated heterocycles. The van der Waals surface area contributed by atoms with Gasteiger partial charge in [-0.05, 0) is 25.0 Å². The third kappa shape index (κ3) is 2.93. The number of carbonyl (C=O) groups is 1. The molecular formula is C10H13ClN2OS. The zero-order chi connectivity index (χ0) is 10.7. The van der Waals surface area contributed by atoms with Crippen LogP contribution in [0.1, 0.15) is 17.7 Å². The molecule has 1 aliphatic heterocycles. The van der Waals surface area contributed by atoms with Crippen molar-refractivity contribution in [1.82, 2.24) is 10.6 Å². The van der Waals surface area contributed by atoms with Crippen molar-refractivity contribution in [1.29, 1.82) is 0 Å². The van der Waals surface area contributed by atoms with Crippen molar-refractivity contribution < 1.29 is 4.79 Å². The fourth-order valence-corrected chi connectivity index (χ4v) is 2.68. The molecule has 0 bridgehead atoms. The monoisotopic (exact) mass is 244 g/mol. The summed E-state index contributed by atoms with van der Waals surface area (Å²) in [6, 6.07) is 3.82. The topological polar surface area (TPSA) is 41.1 Å². The second-order valence-electron chi connectivity index (χ2n) is 3.57. The summed E-state index contributed by atoms with van der Waals surface area (Å²) >= 11 is 7.37. The predicted molar refractivity (Wildman–Crippen MR) is 62.2 cm³/mol. The first kappa shape index (κ1) is 10.9. The molecule has 1 aliphatic rings. The average molecular weight is 245 g/mol. The highest BCUT2D eigenvalue weighted by Gasteiger charge is 2.20. The maximum atomic E-state index is 11.4. The van der Waals surface area contributed by atoms with Crippen molar-refractivity contribution in [2.24, 2.45) is 0 Å². The summed E-state index contributed by atoms with van der Waals surface area (Å²) in [6.45, 7) is 1.53. The summed E-state index contributed by atoms with van der Waals surface area (Å²) in [4.78, 5) is 12.6. The van der Waals surface area contributed by atoms with Crippen molar-refractivity contribution in [2.75, 3.05) is 6.54 Å². The number of nitrogens with one attached hydrogen (secondary N) is 2.